The van der Waals surface area contributed by atoms with Gasteiger partial charge in [-0.25, -0.2) is 5.48 Å². The first-order valence-corrected chi connectivity index (χ1v) is 7.18. The lowest BCUT2D eigenvalue weighted by Gasteiger charge is -2.29. The first-order valence-electron chi connectivity index (χ1n) is 7.18. The molecule has 0 fully saturated rings. The van der Waals surface area contributed by atoms with Crippen molar-refractivity contribution in [3.63, 3.8) is 0 Å². The highest BCUT2D eigenvalue weighted by atomic mass is 16.5. The Morgan fingerprint density at radius 3 is 2.67 bits per heavy atom. The van der Waals surface area contributed by atoms with E-state index in [0.717, 1.165) is 11.8 Å². The maximum atomic E-state index is 12.2. The van der Waals surface area contributed by atoms with Crippen molar-refractivity contribution in [1.82, 2.24) is 5.48 Å². The van der Waals surface area contributed by atoms with Gasteiger partial charge in [0, 0.05) is 11.1 Å². The summed E-state index contributed by atoms with van der Waals surface area (Å²) in [7, 11) is 0. The molecule has 24 heavy (non-hydrogen) atoms. The van der Waals surface area contributed by atoms with Gasteiger partial charge in [-0.05, 0) is 23.8 Å². The number of benzene rings is 2. The van der Waals surface area contributed by atoms with E-state index in [1.165, 1.54) is 17.0 Å². The highest BCUT2D eigenvalue weighted by Gasteiger charge is 2.26. The molecule has 0 unspecified atom stereocenters. The molecule has 1 aliphatic heterocycles. The maximum absolute atomic E-state index is 12.2. The van der Waals surface area contributed by atoms with Crippen molar-refractivity contribution >= 4 is 23.8 Å². The minimum Gasteiger partial charge on any atom is -0.482 e. The molecule has 0 spiro atoms. The van der Waals surface area contributed by atoms with Crippen LogP contribution in [-0.4, -0.2) is 29.9 Å². The number of ether oxygens (including phenoxy) is 1. The molecule has 0 aromatic heterocycles. The van der Waals surface area contributed by atoms with E-state index < -0.39 is 5.91 Å². The Labute approximate surface area is 137 Å². The number of amides is 2. The SMILES string of the molecule is O=Cc1ccc(CN2C(=O)COc3ccc(C(=O)NO)cc32)cc1. The molecule has 0 atom stereocenters. The van der Waals surface area contributed by atoms with Crippen LogP contribution in [0.3, 0.4) is 0 Å². The standard InChI is InChI=1S/C17H14N2O5/c20-9-12-3-1-11(2-4-12)8-19-14-7-13(17(22)18-23)5-6-15(14)24-10-16(19)21/h1-7,9,23H,8,10H2,(H,18,22). The van der Waals surface area contributed by atoms with Crippen LogP contribution in [0.4, 0.5) is 5.69 Å². The Morgan fingerprint density at radius 1 is 1.25 bits per heavy atom. The predicted molar refractivity (Wildman–Crippen MR) is 84.2 cm³/mol. The Hall–Kier alpha value is -3.19. The van der Waals surface area contributed by atoms with Crippen LogP contribution in [0, 0.1) is 0 Å². The molecule has 2 N–H and O–H groups in total. The number of anilines is 1. The van der Waals surface area contributed by atoms with Gasteiger partial charge in [-0.1, -0.05) is 24.3 Å². The summed E-state index contributed by atoms with van der Waals surface area (Å²) in [6.45, 7) is 0.184. The Morgan fingerprint density at radius 2 is 2.00 bits per heavy atom. The summed E-state index contributed by atoms with van der Waals surface area (Å²) in [5.41, 5.74) is 3.60. The quantitative estimate of drug-likeness (QED) is 0.505. The van der Waals surface area contributed by atoms with Crippen LogP contribution in [0.2, 0.25) is 0 Å². The molecule has 7 heteroatoms. The predicted octanol–water partition coefficient (Wildman–Crippen LogP) is 1.54. The van der Waals surface area contributed by atoms with Crippen LogP contribution in [0.25, 0.3) is 0 Å². The number of fused-ring (bicyclic) bond motifs is 1. The topological polar surface area (TPSA) is 95.9 Å². The molecule has 2 aromatic rings. The Bertz CT molecular complexity index is 801. The molecule has 0 aliphatic carbocycles. The van der Waals surface area contributed by atoms with Crippen LogP contribution in [-0.2, 0) is 11.3 Å². The Balaban J connectivity index is 1.94. The van der Waals surface area contributed by atoms with E-state index in [9.17, 15) is 14.4 Å². The largest absolute Gasteiger partial charge is 0.482 e. The third kappa shape index (κ3) is 2.97. The second kappa shape index (κ2) is 6.51. The monoisotopic (exact) mass is 326 g/mol. The fourth-order valence-electron chi connectivity index (χ4n) is 2.47. The van der Waals surface area contributed by atoms with E-state index in [1.54, 1.807) is 35.8 Å². The van der Waals surface area contributed by atoms with Gasteiger partial charge < -0.3 is 9.64 Å². The van der Waals surface area contributed by atoms with E-state index in [1.807, 2.05) is 0 Å². The van der Waals surface area contributed by atoms with Crippen LogP contribution in [0.1, 0.15) is 26.3 Å². The highest BCUT2D eigenvalue weighted by Crippen LogP contribution is 2.34. The molecule has 122 valence electrons. The zero-order valence-corrected chi connectivity index (χ0v) is 12.6. The summed E-state index contributed by atoms with van der Waals surface area (Å²) in [4.78, 5) is 36.0. The van der Waals surface area contributed by atoms with E-state index in [-0.39, 0.29) is 24.6 Å². The number of rotatable bonds is 4. The number of carbonyl (C=O) groups is 3. The fraction of sp³-hybridized carbons (Fsp3) is 0.118. The zero-order chi connectivity index (χ0) is 17.1. The van der Waals surface area contributed by atoms with E-state index in [4.69, 9.17) is 9.94 Å². The zero-order valence-electron chi connectivity index (χ0n) is 12.6. The van der Waals surface area contributed by atoms with E-state index in [2.05, 4.69) is 0 Å². The number of carbonyl (C=O) groups excluding carboxylic acids is 3. The summed E-state index contributed by atoms with van der Waals surface area (Å²) in [6.07, 6.45) is 0.749. The van der Waals surface area contributed by atoms with Gasteiger partial charge in [-0.15, -0.1) is 0 Å². The first kappa shape index (κ1) is 15.7. The molecule has 0 radical (unpaired) electrons. The van der Waals surface area contributed by atoms with E-state index in [0.29, 0.717) is 17.0 Å². The minimum absolute atomic E-state index is 0.0923. The summed E-state index contributed by atoms with van der Waals surface area (Å²) >= 11 is 0. The molecule has 2 aromatic carbocycles. The number of hydroxylamine groups is 1. The van der Waals surface area contributed by atoms with Gasteiger partial charge in [-0.2, -0.15) is 0 Å². The van der Waals surface area contributed by atoms with Crippen molar-refractivity contribution in [3.05, 3.63) is 59.2 Å². The molecule has 7 nitrogen and oxygen atoms in total. The van der Waals surface area contributed by atoms with Gasteiger partial charge in [0.1, 0.15) is 12.0 Å². The molecule has 0 saturated heterocycles. The van der Waals surface area contributed by atoms with Crippen molar-refractivity contribution in [2.75, 3.05) is 11.5 Å². The number of hydrogen-bond donors (Lipinski definition) is 2. The van der Waals surface area contributed by atoms with Gasteiger partial charge in [0.2, 0.25) is 0 Å². The van der Waals surface area contributed by atoms with Crippen LogP contribution < -0.4 is 15.1 Å². The molecule has 0 saturated carbocycles. The maximum Gasteiger partial charge on any atom is 0.274 e. The van der Waals surface area contributed by atoms with Gasteiger partial charge in [-0.3, -0.25) is 19.6 Å². The lowest BCUT2D eigenvalue weighted by atomic mass is 10.1. The molecular formula is C17H14N2O5. The molecule has 1 aliphatic rings. The number of nitrogens with zero attached hydrogens (tertiary/aromatic N) is 1. The summed E-state index contributed by atoms with van der Waals surface area (Å²) in [5, 5.41) is 8.75. The van der Waals surface area contributed by atoms with Gasteiger partial charge >= 0.3 is 0 Å². The van der Waals surface area contributed by atoms with Crippen molar-refractivity contribution in [2.24, 2.45) is 0 Å². The van der Waals surface area contributed by atoms with Crippen molar-refractivity contribution in [3.8, 4) is 5.75 Å². The number of nitrogens with one attached hydrogen (secondary N) is 1. The van der Waals surface area contributed by atoms with Crippen LogP contribution in [0.5, 0.6) is 5.75 Å². The van der Waals surface area contributed by atoms with Gasteiger partial charge in [0.05, 0.1) is 12.2 Å². The average molecular weight is 326 g/mol. The summed E-state index contributed by atoms with van der Waals surface area (Å²) < 4.78 is 5.38. The van der Waals surface area contributed by atoms with Gasteiger partial charge in [0.25, 0.3) is 11.8 Å². The summed E-state index contributed by atoms with van der Waals surface area (Å²) in [5.74, 6) is -0.441. The molecular weight excluding hydrogens is 312 g/mol. The number of aldehydes is 1. The number of hydrogen-bond acceptors (Lipinski definition) is 5. The lowest BCUT2D eigenvalue weighted by molar-refractivity contribution is -0.121. The van der Waals surface area contributed by atoms with Crippen molar-refractivity contribution in [1.29, 1.82) is 0 Å². The second-order valence-corrected chi connectivity index (χ2v) is 5.25. The molecule has 1 heterocycles. The third-order valence-corrected chi connectivity index (χ3v) is 3.72. The highest BCUT2D eigenvalue weighted by molar-refractivity contribution is 6.01. The van der Waals surface area contributed by atoms with Crippen molar-refractivity contribution in [2.45, 2.75) is 6.54 Å². The smallest absolute Gasteiger partial charge is 0.274 e. The van der Waals surface area contributed by atoms with Crippen LogP contribution >= 0.6 is 0 Å². The normalized spacial score (nSPS) is 13.0. The molecule has 3 rings (SSSR count). The molecule has 2 amide bonds. The van der Waals surface area contributed by atoms with Gasteiger partial charge in [0.15, 0.2) is 6.61 Å². The average Bonchev–Trinajstić information content (AvgIpc) is 2.63. The fourth-order valence-corrected chi connectivity index (χ4v) is 2.47. The lowest BCUT2D eigenvalue weighted by Crippen LogP contribution is -2.38. The van der Waals surface area contributed by atoms with Crippen molar-refractivity contribution < 1.29 is 24.3 Å². The minimum atomic E-state index is -0.675. The van der Waals surface area contributed by atoms with Crippen LogP contribution in [0.15, 0.2) is 42.5 Å². The third-order valence-electron chi connectivity index (χ3n) is 3.72. The Kier molecular flexibility index (Phi) is 4.26. The van der Waals surface area contributed by atoms with E-state index >= 15 is 0 Å². The first-order chi connectivity index (χ1) is 11.6. The second-order valence-electron chi connectivity index (χ2n) is 5.25. The summed E-state index contributed by atoms with van der Waals surface area (Å²) in [6, 6.07) is 11.4. The molecule has 0 bridgehead atoms.